The van der Waals surface area contributed by atoms with Crippen LogP contribution in [0.25, 0.3) is 0 Å². The summed E-state index contributed by atoms with van der Waals surface area (Å²) in [6.07, 6.45) is 0. The van der Waals surface area contributed by atoms with Crippen molar-refractivity contribution >= 4 is 35.2 Å². The Kier molecular flexibility index (Phi) is 3.94. The fourth-order valence-electron chi connectivity index (χ4n) is 2.93. The Morgan fingerprint density at radius 1 is 1.29 bits per heavy atom. The molecule has 1 aromatic heterocycles. The van der Waals surface area contributed by atoms with Gasteiger partial charge in [-0.15, -0.1) is 0 Å². The lowest BCUT2D eigenvalue weighted by Crippen LogP contribution is -2.50. The van der Waals surface area contributed by atoms with Crippen LogP contribution in [-0.2, 0) is 13.6 Å². The molecule has 9 heteroatoms. The van der Waals surface area contributed by atoms with Crippen LogP contribution in [0.5, 0.6) is 0 Å². The number of halogens is 1. The second-order valence-electron chi connectivity index (χ2n) is 5.55. The van der Waals surface area contributed by atoms with E-state index in [0.29, 0.717) is 48.1 Å². The first kappa shape index (κ1) is 16.3. The molecule has 8 nitrogen and oxygen atoms in total. The van der Waals surface area contributed by atoms with E-state index < -0.39 is 0 Å². The van der Waals surface area contributed by atoms with Crippen LogP contribution in [0.3, 0.4) is 0 Å². The van der Waals surface area contributed by atoms with Gasteiger partial charge in [-0.3, -0.25) is 19.6 Å². The average molecular weight is 349 g/mol. The molecule has 126 valence electrons. The van der Waals surface area contributed by atoms with Crippen LogP contribution in [0.2, 0.25) is 5.02 Å². The Bertz CT molecular complexity index is 829. The summed E-state index contributed by atoms with van der Waals surface area (Å²) in [6, 6.07) is 7.58. The first-order chi connectivity index (χ1) is 11.1. The number of guanidine groups is 1. The Hall–Kier alpha value is -2.58. The van der Waals surface area contributed by atoms with Crippen LogP contribution in [-0.4, -0.2) is 44.9 Å². The smallest absolute Gasteiger partial charge is 0.281 e. The summed E-state index contributed by atoms with van der Waals surface area (Å²) in [5, 5.41) is 0.685. The third-order valence-corrected chi connectivity index (χ3v) is 4.38. The van der Waals surface area contributed by atoms with Crippen LogP contribution < -0.4 is 10.6 Å². The molecule has 0 spiro atoms. The van der Waals surface area contributed by atoms with Crippen LogP contribution in [0.1, 0.15) is 16.1 Å². The topological polar surface area (TPSA) is 111 Å². The number of carbonyl (C=O) groups is 1. The fraction of sp³-hybridized carbons (Fsp3) is 0.267. The van der Waals surface area contributed by atoms with Gasteiger partial charge in [-0.1, -0.05) is 23.7 Å². The number of nitrogen functional groups attached to an aromatic ring is 1. The minimum atomic E-state index is -0.102. The molecule has 0 atom stereocenters. The molecular weight excluding hydrogens is 332 g/mol. The Balaban J connectivity index is 0.00000169. The molecule has 3 heterocycles. The summed E-state index contributed by atoms with van der Waals surface area (Å²) in [7, 11) is 1.75. The number of aliphatic imine (C=N–C) groups is 1. The first-order valence-corrected chi connectivity index (χ1v) is 7.64. The van der Waals surface area contributed by atoms with Gasteiger partial charge in [0.2, 0.25) is 11.9 Å². The fourth-order valence-corrected chi connectivity index (χ4v) is 3.05. The molecule has 0 unspecified atom stereocenters. The van der Waals surface area contributed by atoms with Gasteiger partial charge < -0.3 is 15.8 Å². The number of hydrogen-bond donors (Lipinski definition) is 1. The Labute approximate surface area is 143 Å². The quantitative estimate of drug-likeness (QED) is 0.859. The highest BCUT2D eigenvalue weighted by atomic mass is 35.5. The van der Waals surface area contributed by atoms with Gasteiger partial charge in [0.05, 0.1) is 13.1 Å². The van der Waals surface area contributed by atoms with Crippen molar-refractivity contribution in [3.8, 4) is 0 Å². The molecule has 0 radical (unpaired) electrons. The lowest BCUT2D eigenvalue weighted by Gasteiger charge is -2.33. The second kappa shape index (κ2) is 5.81. The van der Waals surface area contributed by atoms with E-state index >= 15 is 0 Å². The summed E-state index contributed by atoms with van der Waals surface area (Å²) in [5.41, 5.74) is 7.45. The molecule has 2 aromatic rings. The first-order valence-electron chi connectivity index (χ1n) is 7.27. The minimum Gasteiger partial charge on any atom is -0.412 e. The maximum absolute atomic E-state index is 12.7. The lowest BCUT2D eigenvalue weighted by atomic mass is 10.2. The van der Waals surface area contributed by atoms with Crippen molar-refractivity contribution in [2.24, 2.45) is 12.0 Å². The number of rotatable bonds is 2. The van der Waals surface area contributed by atoms with Gasteiger partial charge in [0.1, 0.15) is 0 Å². The zero-order valence-corrected chi connectivity index (χ0v) is 13.8. The van der Waals surface area contributed by atoms with Crippen LogP contribution >= 0.6 is 11.6 Å². The van der Waals surface area contributed by atoms with E-state index in [4.69, 9.17) is 17.3 Å². The van der Waals surface area contributed by atoms with E-state index in [1.54, 1.807) is 16.5 Å². The molecule has 0 fully saturated rings. The molecule has 2 aliphatic rings. The van der Waals surface area contributed by atoms with Crippen molar-refractivity contribution in [2.45, 2.75) is 6.54 Å². The Morgan fingerprint density at radius 3 is 2.71 bits per heavy atom. The molecular formula is C15H17ClN6O2. The standard InChI is InChI=1S/C15H15ClN6O.H2O/c1-20-11-12(19-14(20)17)22(8-9-2-4-10(16)5-3-9)15-18-6-7-21(15)13(11)23;/h2-5H,6-8H2,1H3,(H2,17,19);1H2. The maximum Gasteiger partial charge on any atom is 0.281 e. The monoisotopic (exact) mass is 348 g/mol. The zero-order chi connectivity index (χ0) is 16.1. The van der Waals surface area contributed by atoms with E-state index in [9.17, 15) is 4.79 Å². The average Bonchev–Trinajstić information content (AvgIpc) is 3.12. The van der Waals surface area contributed by atoms with Gasteiger partial charge >= 0.3 is 0 Å². The van der Waals surface area contributed by atoms with Gasteiger partial charge in [-0.05, 0) is 17.7 Å². The summed E-state index contributed by atoms with van der Waals surface area (Å²) in [4.78, 5) is 25.1. The van der Waals surface area contributed by atoms with Crippen LogP contribution in [0, 0.1) is 0 Å². The van der Waals surface area contributed by atoms with Crippen LogP contribution in [0.4, 0.5) is 11.8 Å². The highest BCUT2D eigenvalue weighted by Gasteiger charge is 2.41. The number of fused-ring (bicyclic) bond motifs is 2. The molecule has 2 aliphatic heterocycles. The normalized spacial score (nSPS) is 15.8. The number of nitrogens with two attached hydrogens (primary N) is 1. The lowest BCUT2D eigenvalue weighted by molar-refractivity contribution is 0.0842. The van der Waals surface area contributed by atoms with Gasteiger partial charge in [-0.25, -0.2) is 0 Å². The van der Waals surface area contributed by atoms with E-state index in [1.807, 2.05) is 29.2 Å². The maximum atomic E-state index is 12.7. The minimum absolute atomic E-state index is 0. The van der Waals surface area contributed by atoms with Crippen LogP contribution in [0.15, 0.2) is 29.3 Å². The van der Waals surface area contributed by atoms with Crippen molar-refractivity contribution in [3.63, 3.8) is 0 Å². The summed E-state index contributed by atoms with van der Waals surface area (Å²) in [6.45, 7) is 1.72. The van der Waals surface area contributed by atoms with Gasteiger partial charge in [-0.2, -0.15) is 4.98 Å². The molecule has 0 saturated carbocycles. The molecule has 0 saturated heterocycles. The molecule has 1 aromatic carbocycles. The molecule has 0 bridgehead atoms. The van der Waals surface area contributed by atoms with Gasteiger partial charge in [0.15, 0.2) is 11.5 Å². The third-order valence-electron chi connectivity index (χ3n) is 4.13. The number of carbonyl (C=O) groups excluding carboxylic acids is 1. The molecule has 24 heavy (non-hydrogen) atoms. The van der Waals surface area contributed by atoms with Crippen molar-refractivity contribution in [2.75, 3.05) is 23.7 Å². The molecule has 4 rings (SSSR count). The summed E-state index contributed by atoms with van der Waals surface area (Å²) < 4.78 is 1.63. The largest absolute Gasteiger partial charge is 0.412 e. The summed E-state index contributed by atoms with van der Waals surface area (Å²) in [5.74, 6) is 1.40. The second-order valence-corrected chi connectivity index (χ2v) is 5.99. The van der Waals surface area contributed by atoms with Gasteiger partial charge in [0.25, 0.3) is 5.91 Å². The van der Waals surface area contributed by atoms with Crippen molar-refractivity contribution in [3.05, 3.63) is 40.5 Å². The van der Waals surface area contributed by atoms with Crippen molar-refractivity contribution < 1.29 is 10.3 Å². The third kappa shape index (κ3) is 2.31. The zero-order valence-electron chi connectivity index (χ0n) is 13.0. The van der Waals surface area contributed by atoms with Crippen molar-refractivity contribution in [1.29, 1.82) is 0 Å². The highest BCUT2D eigenvalue weighted by molar-refractivity contribution is 6.30. The van der Waals surface area contributed by atoms with Crippen molar-refractivity contribution in [1.82, 2.24) is 14.5 Å². The number of hydrogen-bond acceptors (Lipinski definition) is 5. The number of imidazole rings is 1. The Morgan fingerprint density at radius 2 is 2.00 bits per heavy atom. The number of anilines is 2. The molecule has 4 N–H and O–H groups in total. The summed E-state index contributed by atoms with van der Waals surface area (Å²) >= 11 is 5.95. The number of benzene rings is 1. The van der Waals surface area contributed by atoms with E-state index in [0.717, 1.165) is 5.56 Å². The van der Waals surface area contributed by atoms with Gasteiger partial charge in [0, 0.05) is 18.6 Å². The van der Waals surface area contributed by atoms with E-state index in [2.05, 4.69) is 9.98 Å². The van der Waals surface area contributed by atoms with E-state index in [1.165, 1.54) is 0 Å². The van der Waals surface area contributed by atoms with E-state index in [-0.39, 0.29) is 11.4 Å². The molecule has 1 amide bonds. The molecule has 0 aliphatic carbocycles. The number of nitrogens with zero attached hydrogens (tertiary/aromatic N) is 5. The number of aromatic nitrogens is 2. The SMILES string of the molecule is Cn1c(N)nc2c1C(=O)N1CCN=C1N2Cc1ccc(Cl)cc1.O. The highest BCUT2D eigenvalue weighted by Crippen LogP contribution is 2.32. The number of amides is 1. The predicted molar refractivity (Wildman–Crippen MR) is 92.2 cm³/mol. The predicted octanol–water partition coefficient (Wildman–Crippen LogP) is 0.663.